The van der Waals surface area contributed by atoms with E-state index in [4.69, 9.17) is 4.74 Å². The van der Waals surface area contributed by atoms with Crippen LogP contribution in [0.4, 0.5) is 5.69 Å². The van der Waals surface area contributed by atoms with E-state index >= 15 is 0 Å². The Morgan fingerprint density at radius 2 is 2.30 bits per heavy atom. The van der Waals surface area contributed by atoms with Crippen molar-refractivity contribution < 1.29 is 9.53 Å². The second kappa shape index (κ2) is 6.14. The highest BCUT2D eigenvalue weighted by Gasteiger charge is 2.16. The van der Waals surface area contributed by atoms with Gasteiger partial charge in [-0.2, -0.15) is 0 Å². The number of ether oxygens (including phenoxy) is 1. The number of nitrogens with zero attached hydrogens (tertiary/aromatic N) is 2. The number of anilines is 1. The molecule has 0 saturated carbocycles. The minimum Gasteiger partial charge on any atom is -0.462 e. The zero-order chi connectivity index (χ0) is 14.5. The van der Waals surface area contributed by atoms with Gasteiger partial charge in [0, 0.05) is 23.8 Å². The van der Waals surface area contributed by atoms with Gasteiger partial charge in [0.25, 0.3) is 0 Å². The molecule has 2 aromatic rings. The smallest absolute Gasteiger partial charge is 0.341 e. The van der Waals surface area contributed by atoms with E-state index in [-0.39, 0.29) is 0 Å². The van der Waals surface area contributed by atoms with E-state index in [1.165, 1.54) is 6.20 Å². The second-order valence-corrected chi connectivity index (χ2v) is 4.26. The summed E-state index contributed by atoms with van der Waals surface area (Å²) in [7, 11) is 0. The Hall–Kier alpha value is -2.43. The lowest BCUT2D eigenvalue weighted by Gasteiger charge is -2.12. The summed E-state index contributed by atoms with van der Waals surface area (Å²) in [5.41, 5.74) is 2.57. The molecule has 2 heterocycles. The Morgan fingerprint density at radius 1 is 1.50 bits per heavy atom. The molecule has 5 heteroatoms. The fraction of sp³-hybridized carbons (Fsp3) is 0.267. The van der Waals surface area contributed by atoms with Crippen molar-refractivity contribution in [3.63, 3.8) is 0 Å². The first-order chi connectivity index (χ1) is 9.67. The van der Waals surface area contributed by atoms with Crippen LogP contribution >= 0.6 is 0 Å². The highest BCUT2D eigenvalue weighted by atomic mass is 16.5. The molecule has 2 rings (SSSR count). The number of carbonyl (C=O) groups excluding carboxylic acids is 1. The molecule has 104 valence electrons. The van der Waals surface area contributed by atoms with Gasteiger partial charge in [-0.15, -0.1) is 6.58 Å². The third-order valence-electron chi connectivity index (χ3n) is 2.79. The predicted octanol–water partition coefficient (Wildman–Crippen LogP) is 2.71. The third kappa shape index (κ3) is 2.77. The number of nitrogens with one attached hydrogen (secondary N) is 1. The molecule has 0 amide bonds. The number of pyridine rings is 2. The van der Waals surface area contributed by atoms with Crippen molar-refractivity contribution in [3.8, 4) is 0 Å². The Morgan fingerprint density at radius 3 is 3.00 bits per heavy atom. The average molecular weight is 271 g/mol. The molecular formula is C15H17N3O2. The van der Waals surface area contributed by atoms with Gasteiger partial charge in [0.1, 0.15) is 5.56 Å². The lowest BCUT2D eigenvalue weighted by Crippen LogP contribution is -2.11. The van der Waals surface area contributed by atoms with Gasteiger partial charge in [-0.25, -0.2) is 14.8 Å². The van der Waals surface area contributed by atoms with Crippen LogP contribution in [0, 0.1) is 6.92 Å². The molecule has 0 spiro atoms. The first kappa shape index (κ1) is 14.0. The lowest BCUT2D eigenvalue weighted by molar-refractivity contribution is 0.0527. The maximum absolute atomic E-state index is 12.0. The van der Waals surface area contributed by atoms with Crippen LogP contribution in [0.15, 0.2) is 31.0 Å². The van der Waals surface area contributed by atoms with Crippen molar-refractivity contribution >= 4 is 22.7 Å². The van der Waals surface area contributed by atoms with Gasteiger partial charge in [-0.05, 0) is 26.0 Å². The maximum atomic E-state index is 12.0. The number of rotatable bonds is 5. The van der Waals surface area contributed by atoms with E-state index in [1.54, 1.807) is 13.0 Å². The molecule has 0 fully saturated rings. The number of hydrogen-bond donors (Lipinski definition) is 1. The van der Waals surface area contributed by atoms with Crippen molar-refractivity contribution in [2.75, 3.05) is 18.5 Å². The predicted molar refractivity (Wildman–Crippen MR) is 78.9 cm³/mol. The molecule has 1 N–H and O–H groups in total. The summed E-state index contributed by atoms with van der Waals surface area (Å²) in [6.45, 7) is 8.21. The Labute approximate surface area is 117 Å². The number of hydrogen-bond acceptors (Lipinski definition) is 5. The third-order valence-corrected chi connectivity index (χ3v) is 2.79. The van der Waals surface area contributed by atoms with E-state index < -0.39 is 5.97 Å². The van der Waals surface area contributed by atoms with E-state index in [9.17, 15) is 4.79 Å². The number of aromatic nitrogens is 2. The van der Waals surface area contributed by atoms with Crippen LogP contribution in [0.2, 0.25) is 0 Å². The molecule has 0 unspecified atom stereocenters. The average Bonchev–Trinajstić information content (AvgIpc) is 2.44. The summed E-state index contributed by atoms with van der Waals surface area (Å²) < 4.78 is 5.06. The zero-order valence-corrected chi connectivity index (χ0v) is 11.6. The summed E-state index contributed by atoms with van der Waals surface area (Å²) in [5.74, 6) is -0.394. The van der Waals surface area contributed by atoms with Crippen molar-refractivity contribution in [2.45, 2.75) is 13.8 Å². The fourth-order valence-electron chi connectivity index (χ4n) is 1.90. The monoisotopic (exact) mass is 271 g/mol. The first-order valence-corrected chi connectivity index (χ1v) is 6.45. The molecule has 2 aromatic heterocycles. The van der Waals surface area contributed by atoms with Gasteiger partial charge < -0.3 is 10.1 Å². The lowest BCUT2D eigenvalue weighted by atomic mass is 10.1. The van der Waals surface area contributed by atoms with E-state index in [0.717, 1.165) is 11.1 Å². The summed E-state index contributed by atoms with van der Waals surface area (Å²) in [5, 5.41) is 3.96. The standard InChI is InChI=1S/C15H17N3O2/c1-4-8-16-13-11-7-6-10(3)18-14(11)17-9-12(13)15(19)20-5-2/h4,6-7,9H,1,5,8H2,2-3H3,(H,16,17,18). The van der Waals surface area contributed by atoms with E-state index in [0.29, 0.717) is 30.0 Å². The molecule has 0 atom stereocenters. The van der Waals surface area contributed by atoms with Gasteiger partial charge in [0.15, 0.2) is 5.65 Å². The molecule has 0 aliphatic carbocycles. The molecule has 0 radical (unpaired) electrons. The molecule has 5 nitrogen and oxygen atoms in total. The van der Waals surface area contributed by atoms with E-state index in [1.807, 2.05) is 19.1 Å². The summed E-state index contributed by atoms with van der Waals surface area (Å²) >= 11 is 0. The number of carbonyl (C=O) groups is 1. The molecule has 0 aromatic carbocycles. The largest absolute Gasteiger partial charge is 0.462 e. The van der Waals surface area contributed by atoms with Gasteiger partial charge in [-0.1, -0.05) is 6.08 Å². The SMILES string of the molecule is C=CCNc1c(C(=O)OCC)cnc2nc(C)ccc12. The fourth-order valence-corrected chi connectivity index (χ4v) is 1.90. The normalized spacial score (nSPS) is 10.3. The molecule has 20 heavy (non-hydrogen) atoms. The topological polar surface area (TPSA) is 64.1 Å². The minimum atomic E-state index is -0.394. The number of fused-ring (bicyclic) bond motifs is 1. The van der Waals surface area contributed by atoms with Crippen LogP contribution in [0.5, 0.6) is 0 Å². The second-order valence-electron chi connectivity index (χ2n) is 4.26. The quantitative estimate of drug-likeness (QED) is 0.669. The first-order valence-electron chi connectivity index (χ1n) is 6.45. The molecule has 0 bridgehead atoms. The number of esters is 1. The Bertz CT molecular complexity index is 653. The maximum Gasteiger partial charge on any atom is 0.341 e. The zero-order valence-electron chi connectivity index (χ0n) is 11.6. The van der Waals surface area contributed by atoms with Gasteiger partial charge in [0.2, 0.25) is 0 Å². The molecular weight excluding hydrogens is 254 g/mol. The van der Waals surface area contributed by atoms with Crippen LogP contribution < -0.4 is 5.32 Å². The van der Waals surface area contributed by atoms with Crippen molar-refractivity contribution in [1.29, 1.82) is 0 Å². The Balaban J connectivity index is 2.58. The van der Waals surface area contributed by atoms with Crippen LogP contribution in [-0.4, -0.2) is 29.1 Å². The van der Waals surface area contributed by atoms with Gasteiger partial charge >= 0.3 is 5.97 Å². The van der Waals surface area contributed by atoms with Crippen molar-refractivity contribution in [1.82, 2.24) is 9.97 Å². The Kier molecular flexibility index (Phi) is 4.30. The molecule has 0 saturated heterocycles. The van der Waals surface area contributed by atoms with Crippen LogP contribution in [-0.2, 0) is 4.74 Å². The molecule has 0 aliphatic heterocycles. The highest BCUT2D eigenvalue weighted by Crippen LogP contribution is 2.25. The molecule has 0 aliphatic rings. The minimum absolute atomic E-state index is 0.323. The van der Waals surface area contributed by atoms with Gasteiger partial charge in [-0.3, -0.25) is 0 Å². The van der Waals surface area contributed by atoms with Crippen molar-refractivity contribution in [3.05, 3.63) is 42.2 Å². The van der Waals surface area contributed by atoms with Crippen LogP contribution in [0.1, 0.15) is 23.0 Å². The van der Waals surface area contributed by atoms with E-state index in [2.05, 4.69) is 21.9 Å². The number of aryl methyl sites for hydroxylation is 1. The van der Waals surface area contributed by atoms with Crippen molar-refractivity contribution in [2.24, 2.45) is 0 Å². The highest BCUT2D eigenvalue weighted by molar-refractivity contribution is 6.04. The summed E-state index contributed by atoms with van der Waals surface area (Å²) in [6.07, 6.45) is 3.22. The van der Waals surface area contributed by atoms with Gasteiger partial charge in [0.05, 0.1) is 12.3 Å². The summed E-state index contributed by atoms with van der Waals surface area (Å²) in [4.78, 5) is 20.6. The van der Waals surface area contributed by atoms with Crippen LogP contribution in [0.25, 0.3) is 11.0 Å². The van der Waals surface area contributed by atoms with Crippen LogP contribution in [0.3, 0.4) is 0 Å². The summed E-state index contributed by atoms with van der Waals surface area (Å²) in [6, 6.07) is 3.79.